The Kier molecular flexibility index (Phi) is 4.52. The van der Waals surface area contributed by atoms with Crippen molar-refractivity contribution in [2.75, 3.05) is 18.4 Å². The number of amides is 1. The third-order valence-electron chi connectivity index (χ3n) is 3.60. The first-order valence-electron chi connectivity index (χ1n) is 7.49. The first-order chi connectivity index (χ1) is 11.2. The van der Waals surface area contributed by atoms with Gasteiger partial charge in [-0.3, -0.25) is 4.79 Å². The van der Waals surface area contributed by atoms with Gasteiger partial charge in [-0.1, -0.05) is 42.5 Å². The van der Waals surface area contributed by atoms with Gasteiger partial charge in [0, 0.05) is 29.7 Å². The Morgan fingerprint density at radius 1 is 0.913 bits per heavy atom. The molecule has 0 spiro atoms. The van der Waals surface area contributed by atoms with Crippen LogP contribution in [0.25, 0.3) is 10.8 Å². The van der Waals surface area contributed by atoms with Crippen molar-refractivity contribution in [2.45, 2.75) is 0 Å². The van der Waals surface area contributed by atoms with Crippen molar-refractivity contribution in [3.05, 3.63) is 78.1 Å². The summed E-state index contributed by atoms with van der Waals surface area (Å²) >= 11 is 0. The highest BCUT2D eigenvalue weighted by Crippen LogP contribution is 2.22. The van der Waals surface area contributed by atoms with Crippen LogP contribution < -0.4 is 10.6 Å². The molecule has 3 rings (SSSR count). The topological polar surface area (TPSA) is 41.1 Å². The van der Waals surface area contributed by atoms with Gasteiger partial charge in [0.05, 0.1) is 0 Å². The maximum atomic E-state index is 13.1. The normalized spacial score (nSPS) is 10.5. The second-order valence-corrected chi connectivity index (χ2v) is 5.22. The van der Waals surface area contributed by atoms with E-state index in [0.717, 1.165) is 11.1 Å². The molecule has 0 fully saturated rings. The van der Waals surface area contributed by atoms with Crippen LogP contribution in [0.1, 0.15) is 10.4 Å². The largest absolute Gasteiger partial charge is 0.383 e. The number of nitrogens with one attached hydrogen (secondary N) is 2. The summed E-state index contributed by atoms with van der Waals surface area (Å²) in [4.78, 5) is 11.9. The minimum Gasteiger partial charge on any atom is -0.383 e. The number of benzene rings is 3. The molecule has 0 aromatic heterocycles. The molecule has 3 aromatic carbocycles. The van der Waals surface area contributed by atoms with Crippen LogP contribution in [0.15, 0.2) is 66.7 Å². The quantitative estimate of drug-likeness (QED) is 0.704. The van der Waals surface area contributed by atoms with Crippen molar-refractivity contribution in [1.82, 2.24) is 5.32 Å². The summed E-state index contributed by atoms with van der Waals surface area (Å²) in [6.45, 7) is 1.05. The molecule has 0 aliphatic rings. The monoisotopic (exact) mass is 308 g/mol. The Balaban J connectivity index is 1.56. The van der Waals surface area contributed by atoms with Gasteiger partial charge in [0.1, 0.15) is 5.82 Å². The summed E-state index contributed by atoms with van der Waals surface area (Å²) < 4.78 is 13.1. The van der Waals surface area contributed by atoms with Gasteiger partial charge in [0.25, 0.3) is 5.91 Å². The lowest BCUT2D eigenvalue weighted by Gasteiger charge is -2.10. The molecule has 0 saturated heterocycles. The van der Waals surface area contributed by atoms with Crippen molar-refractivity contribution in [2.24, 2.45) is 0 Å². The van der Waals surface area contributed by atoms with Crippen LogP contribution in [-0.4, -0.2) is 19.0 Å². The fraction of sp³-hybridized carbons (Fsp3) is 0.105. The molecule has 0 saturated carbocycles. The SMILES string of the molecule is O=C(NCCNc1cccc2ccccc12)c1cccc(F)c1. The van der Waals surface area contributed by atoms with Gasteiger partial charge in [-0.2, -0.15) is 0 Å². The zero-order chi connectivity index (χ0) is 16.1. The fourth-order valence-corrected chi connectivity index (χ4v) is 2.48. The van der Waals surface area contributed by atoms with Gasteiger partial charge in [-0.05, 0) is 29.7 Å². The fourth-order valence-electron chi connectivity index (χ4n) is 2.48. The Labute approximate surface area is 134 Å². The van der Waals surface area contributed by atoms with Crippen LogP contribution >= 0.6 is 0 Å². The van der Waals surface area contributed by atoms with E-state index in [9.17, 15) is 9.18 Å². The molecule has 0 radical (unpaired) electrons. The number of carbonyl (C=O) groups is 1. The lowest BCUT2D eigenvalue weighted by atomic mass is 10.1. The molecule has 116 valence electrons. The molecular formula is C19H17FN2O. The smallest absolute Gasteiger partial charge is 0.251 e. The van der Waals surface area contributed by atoms with Crippen LogP contribution in [0.4, 0.5) is 10.1 Å². The summed E-state index contributed by atoms with van der Waals surface area (Å²) in [6, 6.07) is 19.9. The molecule has 0 atom stereocenters. The summed E-state index contributed by atoms with van der Waals surface area (Å²) in [5, 5.41) is 8.41. The molecular weight excluding hydrogens is 291 g/mol. The van der Waals surface area contributed by atoms with Crippen molar-refractivity contribution in [3.63, 3.8) is 0 Å². The van der Waals surface area contributed by atoms with Gasteiger partial charge in [0.2, 0.25) is 0 Å². The van der Waals surface area contributed by atoms with Crippen LogP contribution in [0.5, 0.6) is 0 Å². The zero-order valence-electron chi connectivity index (χ0n) is 12.6. The Morgan fingerprint density at radius 3 is 2.57 bits per heavy atom. The highest BCUT2D eigenvalue weighted by atomic mass is 19.1. The van der Waals surface area contributed by atoms with Crippen molar-refractivity contribution in [1.29, 1.82) is 0 Å². The molecule has 0 aliphatic carbocycles. The molecule has 0 heterocycles. The molecule has 0 bridgehead atoms. The minimum absolute atomic E-state index is 0.274. The maximum Gasteiger partial charge on any atom is 0.251 e. The van der Waals surface area contributed by atoms with Crippen LogP contribution in [-0.2, 0) is 0 Å². The summed E-state index contributed by atoms with van der Waals surface area (Å²) in [5.41, 5.74) is 1.36. The van der Waals surface area contributed by atoms with E-state index < -0.39 is 5.82 Å². The van der Waals surface area contributed by atoms with E-state index >= 15 is 0 Å². The average molecular weight is 308 g/mol. The Hall–Kier alpha value is -2.88. The molecule has 3 nitrogen and oxygen atoms in total. The first kappa shape index (κ1) is 15.0. The van der Waals surface area contributed by atoms with Gasteiger partial charge in [-0.25, -0.2) is 4.39 Å². The van der Waals surface area contributed by atoms with E-state index in [0.29, 0.717) is 18.7 Å². The highest BCUT2D eigenvalue weighted by molar-refractivity contribution is 5.94. The van der Waals surface area contributed by atoms with Gasteiger partial charge >= 0.3 is 0 Å². The number of halogens is 1. The van der Waals surface area contributed by atoms with E-state index in [4.69, 9.17) is 0 Å². The van der Waals surface area contributed by atoms with Crippen molar-refractivity contribution in [3.8, 4) is 0 Å². The van der Waals surface area contributed by atoms with Crippen LogP contribution in [0.2, 0.25) is 0 Å². The van der Waals surface area contributed by atoms with Crippen LogP contribution in [0, 0.1) is 5.82 Å². The molecule has 23 heavy (non-hydrogen) atoms. The average Bonchev–Trinajstić information content (AvgIpc) is 2.58. The van der Waals surface area contributed by atoms with E-state index in [1.54, 1.807) is 6.07 Å². The van der Waals surface area contributed by atoms with E-state index in [-0.39, 0.29) is 5.91 Å². The first-order valence-corrected chi connectivity index (χ1v) is 7.49. The summed E-state index contributed by atoms with van der Waals surface area (Å²) in [6.07, 6.45) is 0. The molecule has 3 aromatic rings. The number of rotatable bonds is 5. The van der Waals surface area contributed by atoms with Gasteiger partial charge < -0.3 is 10.6 Å². The lowest BCUT2D eigenvalue weighted by molar-refractivity contribution is 0.0954. The number of carbonyl (C=O) groups excluding carboxylic acids is 1. The molecule has 1 amide bonds. The van der Waals surface area contributed by atoms with Gasteiger partial charge in [0.15, 0.2) is 0 Å². The predicted octanol–water partition coefficient (Wildman–Crippen LogP) is 3.82. The Bertz CT molecular complexity index is 827. The third-order valence-corrected chi connectivity index (χ3v) is 3.60. The van der Waals surface area contributed by atoms with Crippen LogP contribution in [0.3, 0.4) is 0 Å². The van der Waals surface area contributed by atoms with E-state index in [1.165, 1.54) is 23.6 Å². The number of hydrogen-bond donors (Lipinski definition) is 2. The number of hydrogen-bond acceptors (Lipinski definition) is 2. The highest BCUT2D eigenvalue weighted by Gasteiger charge is 2.05. The Morgan fingerprint density at radius 2 is 1.70 bits per heavy atom. The lowest BCUT2D eigenvalue weighted by Crippen LogP contribution is -2.28. The van der Waals surface area contributed by atoms with Crippen molar-refractivity contribution < 1.29 is 9.18 Å². The molecule has 0 aliphatic heterocycles. The molecule has 2 N–H and O–H groups in total. The minimum atomic E-state index is -0.411. The standard InChI is InChI=1S/C19H17FN2O/c20-16-8-3-7-15(13-16)19(23)22-12-11-21-18-10-4-6-14-5-1-2-9-17(14)18/h1-10,13,21H,11-12H2,(H,22,23). The van der Waals surface area contributed by atoms with E-state index in [2.05, 4.69) is 28.8 Å². The summed E-state index contributed by atoms with van der Waals surface area (Å²) in [7, 11) is 0. The maximum absolute atomic E-state index is 13.1. The second kappa shape index (κ2) is 6.92. The molecule has 4 heteroatoms. The zero-order valence-corrected chi connectivity index (χ0v) is 12.6. The van der Waals surface area contributed by atoms with Gasteiger partial charge in [-0.15, -0.1) is 0 Å². The predicted molar refractivity (Wildman–Crippen MR) is 91.2 cm³/mol. The summed E-state index contributed by atoms with van der Waals surface area (Å²) in [5.74, 6) is -0.684. The number of fused-ring (bicyclic) bond motifs is 1. The molecule has 0 unspecified atom stereocenters. The second-order valence-electron chi connectivity index (χ2n) is 5.22. The van der Waals surface area contributed by atoms with E-state index in [1.807, 2.05) is 24.3 Å². The number of anilines is 1. The van der Waals surface area contributed by atoms with Crippen molar-refractivity contribution >= 4 is 22.4 Å². The third kappa shape index (κ3) is 3.66.